The first-order valence-electron chi connectivity index (χ1n) is 11.0. The number of nitrogen functional groups attached to an aromatic ring is 1. The van der Waals surface area contributed by atoms with E-state index >= 15 is 0 Å². The molecular weight excluding hydrogens is 412 g/mol. The molecule has 1 saturated heterocycles. The molecule has 1 aliphatic carbocycles. The van der Waals surface area contributed by atoms with E-state index in [1.807, 2.05) is 37.3 Å². The maximum absolute atomic E-state index is 11.0. The summed E-state index contributed by atoms with van der Waals surface area (Å²) < 4.78 is 13.6. The monoisotopic (exact) mass is 440 g/mol. The summed E-state index contributed by atoms with van der Waals surface area (Å²) in [5.74, 6) is 0.236. The first kappa shape index (κ1) is 21.1. The van der Waals surface area contributed by atoms with E-state index in [-0.39, 0.29) is 24.0 Å². The summed E-state index contributed by atoms with van der Waals surface area (Å²) in [6, 6.07) is 10.1. The molecule has 10 heteroatoms. The number of hydrogen-bond acceptors (Lipinski definition) is 9. The van der Waals surface area contributed by atoms with Crippen LogP contribution in [0.1, 0.15) is 44.4 Å². The smallest absolute Gasteiger partial charge is 0.320 e. The standard InChI is InChI=1S/C22H28N6O4/c1-13-18(32-25-11-14-7-3-2-4-8-14)17(29)21(30-13)28-12-24-16-19(23)26-22(27-20(16)28)31-15-9-5-6-10-15/h2-4,7-8,12-13,15,17-18,21,25,29H,5-6,9-11H2,1H3,(H2,23,26,27)/t13-,17-,18+,21?/m1/s1. The average molecular weight is 441 g/mol. The lowest BCUT2D eigenvalue weighted by atomic mass is 10.1. The number of rotatable bonds is 7. The van der Waals surface area contributed by atoms with Gasteiger partial charge in [-0.25, -0.2) is 4.98 Å². The second-order valence-corrected chi connectivity index (χ2v) is 8.35. The van der Waals surface area contributed by atoms with Crippen molar-refractivity contribution in [3.8, 4) is 6.01 Å². The van der Waals surface area contributed by atoms with Gasteiger partial charge in [-0.05, 0) is 38.2 Å². The predicted octanol–water partition coefficient (Wildman–Crippen LogP) is 2.10. The van der Waals surface area contributed by atoms with Crippen LogP contribution < -0.4 is 16.0 Å². The number of aromatic nitrogens is 4. The zero-order chi connectivity index (χ0) is 22.1. The van der Waals surface area contributed by atoms with E-state index in [0.717, 1.165) is 31.2 Å². The Hall–Kier alpha value is -2.79. The normalized spacial score (nSPS) is 26.2. The number of nitrogens with one attached hydrogen (secondary N) is 1. The van der Waals surface area contributed by atoms with Crippen LogP contribution in [0, 0.1) is 0 Å². The third-order valence-corrected chi connectivity index (χ3v) is 6.06. The number of hydrogen-bond donors (Lipinski definition) is 3. The number of anilines is 1. The first-order valence-corrected chi connectivity index (χ1v) is 11.0. The minimum Gasteiger partial charge on any atom is -0.460 e. The molecule has 3 aromatic rings. The fourth-order valence-corrected chi connectivity index (χ4v) is 4.34. The molecular formula is C22H28N6O4. The number of nitrogens with two attached hydrogens (primary N) is 1. The summed E-state index contributed by atoms with van der Waals surface area (Å²) >= 11 is 0. The number of fused-ring (bicyclic) bond motifs is 1. The highest BCUT2D eigenvalue weighted by Gasteiger charge is 2.44. The van der Waals surface area contributed by atoms with E-state index in [2.05, 4.69) is 20.4 Å². The Morgan fingerprint density at radius 1 is 1.22 bits per heavy atom. The highest BCUT2D eigenvalue weighted by Crippen LogP contribution is 2.34. The second-order valence-electron chi connectivity index (χ2n) is 8.35. The van der Waals surface area contributed by atoms with Crippen LogP contribution in [0.25, 0.3) is 11.2 Å². The van der Waals surface area contributed by atoms with Crippen LogP contribution in [0.15, 0.2) is 36.7 Å². The molecule has 1 saturated carbocycles. The summed E-state index contributed by atoms with van der Waals surface area (Å²) in [5, 5.41) is 11.0. The molecule has 4 N–H and O–H groups in total. The fourth-order valence-electron chi connectivity index (χ4n) is 4.34. The zero-order valence-electron chi connectivity index (χ0n) is 17.9. The largest absolute Gasteiger partial charge is 0.460 e. The Bertz CT molecular complexity index is 1060. The number of benzene rings is 1. The molecule has 0 bridgehead atoms. The Morgan fingerprint density at radius 2 is 2.00 bits per heavy atom. The molecule has 1 aliphatic heterocycles. The summed E-state index contributed by atoms with van der Waals surface area (Å²) in [6.45, 7) is 2.37. The highest BCUT2D eigenvalue weighted by molar-refractivity contribution is 5.82. The summed E-state index contributed by atoms with van der Waals surface area (Å²) in [6.07, 6.45) is 3.29. The van der Waals surface area contributed by atoms with E-state index in [1.165, 1.54) is 0 Å². The molecule has 2 aliphatic rings. The molecule has 0 radical (unpaired) electrons. The summed E-state index contributed by atoms with van der Waals surface area (Å²) in [7, 11) is 0. The van der Waals surface area contributed by atoms with E-state index in [9.17, 15) is 5.11 Å². The van der Waals surface area contributed by atoms with E-state index in [0.29, 0.717) is 17.7 Å². The Labute approximate surface area is 185 Å². The molecule has 10 nitrogen and oxygen atoms in total. The Kier molecular flexibility index (Phi) is 5.92. The van der Waals surface area contributed by atoms with Crippen LogP contribution in [-0.4, -0.2) is 49.0 Å². The molecule has 0 spiro atoms. The lowest BCUT2D eigenvalue weighted by molar-refractivity contribution is -0.0881. The maximum atomic E-state index is 11.0. The molecule has 0 amide bonds. The van der Waals surface area contributed by atoms with Gasteiger partial charge in [0, 0.05) is 6.54 Å². The zero-order valence-corrected chi connectivity index (χ0v) is 17.9. The molecule has 170 valence electrons. The van der Waals surface area contributed by atoms with Crippen LogP contribution in [0.3, 0.4) is 0 Å². The van der Waals surface area contributed by atoms with Crippen molar-refractivity contribution in [3.63, 3.8) is 0 Å². The van der Waals surface area contributed by atoms with Crippen LogP contribution in [-0.2, 0) is 16.1 Å². The van der Waals surface area contributed by atoms with Crippen molar-refractivity contribution in [2.45, 2.75) is 69.8 Å². The van der Waals surface area contributed by atoms with Gasteiger partial charge in [-0.2, -0.15) is 15.4 Å². The van der Waals surface area contributed by atoms with Gasteiger partial charge in [-0.15, -0.1) is 0 Å². The Balaban J connectivity index is 1.32. The van der Waals surface area contributed by atoms with Gasteiger partial charge in [0.25, 0.3) is 0 Å². The predicted molar refractivity (Wildman–Crippen MR) is 116 cm³/mol. The van der Waals surface area contributed by atoms with Crippen LogP contribution in [0.2, 0.25) is 0 Å². The number of hydroxylamine groups is 1. The van der Waals surface area contributed by atoms with E-state index in [4.69, 9.17) is 20.0 Å². The quantitative estimate of drug-likeness (QED) is 0.473. The molecule has 2 fully saturated rings. The third kappa shape index (κ3) is 4.14. The van der Waals surface area contributed by atoms with Crippen molar-refractivity contribution in [2.24, 2.45) is 0 Å². The van der Waals surface area contributed by atoms with Crippen molar-refractivity contribution in [1.82, 2.24) is 25.0 Å². The molecule has 1 aromatic carbocycles. The van der Waals surface area contributed by atoms with E-state index in [1.54, 1.807) is 10.9 Å². The molecule has 1 unspecified atom stereocenters. The van der Waals surface area contributed by atoms with Gasteiger partial charge >= 0.3 is 6.01 Å². The van der Waals surface area contributed by atoms with Gasteiger partial charge in [0.15, 0.2) is 23.2 Å². The molecule has 5 rings (SSSR count). The lowest BCUT2D eigenvalue weighted by Crippen LogP contribution is -2.37. The van der Waals surface area contributed by atoms with Crippen LogP contribution in [0.4, 0.5) is 5.82 Å². The summed E-state index contributed by atoms with van der Waals surface area (Å²) in [5.41, 5.74) is 11.0. The maximum Gasteiger partial charge on any atom is 0.320 e. The Morgan fingerprint density at radius 3 is 2.78 bits per heavy atom. The number of aliphatic hydroxyl groups excluding tert-OH is 1. The van der Waals surface area contributed by atoms with Gasteiger partial charge in [0.2, 0.25) is 0 Å². The highest BCUT2D eigenvalue weighted by atomic mass is 16.7. The van der Waals surface area contributed by atoms with Crippen LogP contribution >= 0.6 is 0 Å². The average Bonchev–Trinajstić information content (AvgIpc) is 3.51. The third-order valence-electron chi connectivity index (χ3n) is 6.06. The van der Waals surface area contributed by atoms with Crippen molar-refractivity contribution >= 4 is 17.0 Å². The number of nitrogens with zero attached hydrogens (tertiary/aromatic N) is 4. The first-order chi connectivity index (χ1) is 15.6. The summed E-state index contributed by atoms with van der Waals surface area (Å²) in [4.78, 5) is 18.9. The van der Waals surface area contributed by atoms with Gasteiger partial charge in [-0.3, -0.25) is 9.40 Å². The number of ether oxygens (including phenoxy) is 2. The molecule has 4 atom stereocenters. The van der Waals surface area contributed by atoms with Crippen molar-refractivity contribution in [2.75, 3.05) is 5.73 Å². The fraction of sp³-hybridized carbons (Fsp3) is 0.500. The van der Waals surface area contributed by atoms with Gasteiger partial charge in [-0.1, -0.05) is 30.3 Å². The van der Waals surface area contributed by atoms with Crippen molar-refractivity contribution in [1.29, 1.82) is 0 Å². The molecule has 32 heavy (non-hydrogen) atoms. The van der Waals surface area contributed by atoms with Gasteiger partial charge in [0.05, 0.1) is 12.4 Å². The topological polar surface area (TPSA) is 130 Å². The van der Waals surface area contributed by atoms with Gasteiger partial charge < -0.3 is 20.3 Å². The van der Waals surface area contributed by atoms with E-state index < -0.39 is 18.4 Å². The van der Waals surface area contributed by atoms with Crippen LogP contribution in [0.5, 0.6) is 6.01 Å². The molecule has 3 heterocycles. The second kappa shape index (κ2) is 8.99. The lowest BCUT2D eigenvalue weighted by Gasteiger charge is -2.20. The molecule has 2 aromatic heterocycles. The number of aliphatic hydroxyl groups is 1. The minimum absolute atomic E-state index is 0.102. The number of imidazole rings is 1. The SMILES string of the molecule is C[C@H]1OC(n2cnc3c(N)nc(OC4CCCC4)nc32)[C@H](O)[C@H]1ONCc1ccccc1. The van der Waals surface area contributed by atoms with Gasteiger partial charge in [0.1, 0.15) is 18.3 Å². The van der Waals surface area contributed by atoms with Crippen molar-refractivity contribution < 1.29 is 19.4 Å². The van der Waals surface area contributed by atoms with Crippen molar-refractivity contribution in [3.05, 3.63) is 42.2 Å². The minimum atomic E-state index is -0.943.